The van der Waals surface area contributed by atoms with Gasteiger partial charge in [0.15, 0.2) is 0 Å². The van der Waals surface area contributed by atoms with Gasteiger partial charge in [-0.15, -0.1) is 0 Å². The minimum atomic E-state index is -0.681. The third-order valence-corrected chi connectivity index (χ3v) is 7.13. The normalized spacial score (nSPS) is 21.4. The van der Waals surface area contributed by atoms with Gasteiger partial charge in [0, 0.05) is 36.4 Å². The molecule has 1 amide bonds. The van der Waals surface area contributed by atoms with Crippen LogP contribution >= 0.6 is 0 Å². The van der Waals surface area contributed by atoms with Crippen molar-refractivity contribution in [3.63, 3.8) is 0 Å². The number of carbonyl (C=O) groups is 1. The highest BCUT2D eigenvalue weighted by Crippen LogP contribution is 2.50. The highest BCUT2D eigenvalue weighted by atomic mass is 19.1. The molecular formula is C25H25F3N2O2. The van der Waals surface area contributed by atoms with E-state index in [4.69, 9.17) is 0 Å². The van der Waals surface area contributed by atoms with Crippen molar-refractivity contribution >= 4 is 16.8 Å². The molecule has 0 aliphatic heterocycles. The second kappa shape index (κ2) is 7.66. The Kier molecular flexibility index (Phi) is 5.04. The molecule has 7 heteroatoms. The average Bonchev–Trinajstić information content (AvgIpc) is 3.41. The van der Waals surface area contributed by atoms with Gasteiger partial charge in [-0.2, -0.15) is 0 Å². The first-order valence-corrected chi connectivity index (χ1v) is 10.9. The largest absolute Gasteiger partial charge is 0.396 e. The number of fused-ring (bicyclic) bond motifs is 1. The molecule has 2 saturated carbocycles. The second-order valence-electron chi connectivity index (χ2n) is 9.45. The smallest absolute Gasteiger partial charge is 0.225 e. The van der Waals surface area contributed by atoms with Crippen LogP contribution in [-0.4, -0.2) is 41.1 Å². The van der Waals surface area contributed by atoms with Gasteiger partial charge in [0.25, 0.3) is 0 Å². The van der Waals surface area contributed by atoms with Gasteiger partial charge < -0.3 is 15.0 Å². The van der Waals surface area contributed by atoms with Crippen LogP contribution < -0.4 is 0 Å². The molecule has 0 saturated heterocycles. The lowest BCUT2D eigenvalue weighted by molar-refractivity contribution is -0.138. The van der Waals surface area contributed by atoms with Crippen molar-refractivity contribution in [2.24, 2.45) is 11.3 Å². The molecule has 0 bridgehead atoms. The maximum atomic E-state index is 14.5. The predicted octanol–water partition coefficient (Wildman–Crippen LogP) is 4.98. The second-order valence-corrected chi connectivity index (χ2v) is 9.45. The lowest BCUT2D eigenvalue weighted by Gasteiger charge is -2.38. The summed E-state index contributed by atoms with van der Waals surface area (Å²) in [5.41, 5.74) is 2.15. The van der Waals surface area contributed by atoms with Crippen LogP contribution in [0.15, 0.2) is 36.4 Å². The summed E-state index contributed by atoms with van der Waals surface area (Å²) in [5, 5.41) is 10.0. The molecule has 168 valence electrons. The van der Waals surface area contributed by atoms with Crippen LogP contribution in [0.3, 0.4) is 0 Å². The fourth-order valence-corrected chi connectivity index (χ4v) is 5.00. The number of aliphatic hydroxyl groups is 1. The third-order valence-electron chi connectivity index (χ3n) is 7.13. The number of halogens is 3. The molecule has 2 fully saturated rings. The molecule has 4 nitrogen and oxygen atoms in total. The monoisotopic (exact) mass is 442 g/mol. The number of amides is 1. The van der Waals surface area contributed by atoms with Crippen LogP contribution in [0.2, 0.25) is 0 Å². The number of hydrogen-bond donors (Lipinski definition) is 2. The molecular weight excluding hydrogens is 417 g/mol. The molecule has 1 heterocycles. The van der Waals surface area contributed by atoms with Crippen molar-refractivity contribution in [1.82, 2.24) is 9.88 Å². The van der Waals surface area contributed by atoms with Gasteiger partial charge in [-0.25, -0.2) is 13.2 Å². The predicted molar refractivity (Wildman–Crippen MR) is 115 cm³/mol. The van der Waals surface area contributed by atoms with Gasteiger partial charge in [0.2, 0.25) is 5.91 Å². The molecule has 0 unspecified atom stereocenters. The summed E-state index contributed by atoms with van der Waals surface area (Å²) in [6.45, 7) is 0.638. The van der Waals surface area contributed by atoms with E-state index in [1.807, 2.05) is 0 Å². The van der Waals surface area contributed by atoms with E-state index in [1.165, 1.54) is 18.2 Å². The zero-order valence-corrected chi connectivity index (χ0v) is 17.8. The number of aromatic nitrogens is 1. The van der Waals surface area contributed by atoms with Crippen LogP contribution in [0.4, 0.5) is 13.2 Å². The zero-order chi connectivity index (χ0) is 22.6. The molecule has 1 aromatic heterocycles. The van der Waals surface area contributed by atoms with Crippen molar-refractivity contribution in [3.8, 4) is 11.3 Å². The highest BCUT2D eigenvalue weighted by Gasteiger charge is 2.45. The Morgan fingerprint density at radius 3 is 2.44 bits per heavy atom. The van der Waals surface area contributed by atoms with Crippen LogP contribution in [0.25, 0.3) is 22.2 Å². The van der Waals surface area contributed by atoms with E-state index in [0.29, 0.717) is 36.0 Å². The van der Waals surface area contributed by atoms with Crippen molar-refractivity contribution in [3.05, 3.63) is 59.4 Å². The number of carbonyl (C=O) groups excluding carboxylic acids is 1. The quantitative estimate of drug-likeness (QED) is 0.566. The number of aliphatic hydroxyl groups excluding tert-OH is 1. The van der Waals surface area contributed by atoms with E-state index in [1.54, 1.807) is 24.1 Å². The molecule has 5 rings (SSSR count). The Hall–Kier alpha value is -2.80. The summed E-state index contributed by atoms with van der Waals surface area (Å²) in [7, 11) is 1.77. The van der Waals surface area contributed by atoms with Gasteiger partial charge in [-0.3, -0.25) is 4.79 Å². The first kappa shape index (κ1) is 21.1. The lowest BCUT2D eigenvalue weighted by Crippen LogP contribution is -2.42. The maximum absolute atomic E-state index is 14.5. The number of rotatable bonds is 6. The van der Waals surface area contributed by atoms with Crippen LogP contribution in [0, 0.1) is 28.8 Å². The number of hydrogen-bond acceptors (Lipinski definition) is 2. The Morgan fingerprint density at radius 2 is 1.81 bits per heavy atom. The van der Waals surface area contributed by atoms with Gasteiger partial charge in [-0.05, 0) is 73.1 Å². The van der Waals surface area contributed by atoms with Gasteiger partial charge >= 0.3 is 0 Å². The Morgan fingerprint density at radius 1 is 1.12 bits per heavy atom. The molecule has 3 aromatic rings. The fourth-order valence-electron chi connectivity index (χ4n) is 5.00. The molecule has 2 N–H and O–H groups in total. The first-order valence-electron chi connectivity index (χ1n) is 10.9. The summed E-state index contributed by atoms with van der Waals surface area (Å²) in [4.78, 5) is 17.7. The molecule has 2 aromatic carbocycles. The molecule has 0 atom stereocenters. The topological polar surface area (TPSA) is 56.3 Å². The standard InChI is InChI=1S/C25H25F3N2O2/c1-30(12-25(13-31)6-7-25)24(32)16-8-15(9-16)21-19-10-18(27)11-20(28)23(19)29-22(21)14-2-4-17(26)5-3-14/h2-5,10-11,15-16,29,31H,6-9,12-13H2,1H3. The Bertz CT molecular complexity index is 1180. The molecule has 2 aliphatic carbocycles. The van der Waals surface area contributed by atoms with Crippen molar-refractivity contribution in [1.29, 1.82) is 0 Å². The number of nitrogens with one attached hydrogen (secondary N) is 1. The summed E-state index contributed by atoms with van der Waals surface area (Å²) in [6, 6.07) is 8.04. The fraction of sp³-hybridized carbons (Fsp3) is 0.400. The van der Waals surface area contributed by atoms with Crippen molar-refractivity contribution in [2.45, 2.75) is 31.6 Å². The van der Waals surface area contributed by atoms with E-state index in [2.05, 4.69) is 4.98 Å². The Labute approximate surface area is 184 Å². The van der Waals surface area contributed by atoms with E-state index >= 15 is 0 Å². The minimum Gasteiger partial charge on any atom is -0.396 e. The number of benzene rings is 2. The highest BCUT2D eigenvalue weighted by molar-refractivity contribution is 5.92. The average molecular weight is 442 g/mol. The van der Waals surface area contributed by atoms with Crippen LogP contribution in [0.5, 0.6) is 0 Å². The molecule has 2 aliphatic rings. The van der Waals surface area contributed by atoms with E-state index < -0.39 is 11.6 Å². The minimum absolute atomic E-state index is 0.0416. The van der Waals surface area contributed by atoms with Gasteiger partial charge in [0.05, 0.1) is 17.8 Å². The number of aromatic amines is 1. The summed E-state index contributed by atoms with van der Waals surface area (Å²) >= 11 is 0. The first-order chi connectivity index (χ1) is 15.3. The molecule has 0 radical (unpaired) electrons. The lowest BCUT2D eigenvalue weighted by atomic mass is 9.69. The van der Waals surface area contributed by atoms with E-state index in [9.17, 15) is 23.1 Å². The maximum Gasteiger partial charge on any atom is 0.225 e. The third kappa shape index (κ3) is 3.58. The number of nitrogens with zero attached hydrogens (tertiary/aromatic N) is 1. The Balaban J connectivity index is 1.43. The number of H-pyrrole nitrogens is 1. The SMILES string of the molecule is CN(CC1(CO)CC1)C(=O)C1CC(c2c(-c3ccc(F)cc3)[nH]c3c(F)cc(F)cc23)C1. The zero-order valence-electron chi connectivity index (χ0n) is 17.8. The van der Waals surface area contributed by atoms with E-state index in [-0.39, 0.29) is 41.1 Å². The summed E-state index contributed by atoms with van der Waals surface area (Å²) in [6.07, 6.45) is 3.02. The molecule has 0 spiro atoms. The summed E-state index contributed by atoms with van der Waals surface area (Å²) in [5.74, 6) is -1.88. The van der Waals surface area contributed by atoms with Crippen LogP contribution in [0.1, 0.15) is 37.2 Å². The van der Waals surface area contributed by atoms with Crippen LogP contribution in [-0.2, 0) is 4.79 Å². The summed E-state index contributed by atoms with van der Waals surface area (Å²) < 4.78 is 42.0. The van der Waals surface area contributed by atoms with E-state index in [0.717, 1.165) is 24.5 Å². The van der Waals surface area contributed by atoms with Gasteiger partial charge in [0.1, 0.15) is 17.5 Å². The van der Waals surface area contributed by atoms with Gasteiger partial charge in [-0.1, -0.05) is 0 Å². The van der Waals surface area contributed by atoms with Crippen molar-refractivity contribution in [2.75, 3.05) is 20.2 Å². The van der Waals surface area contributed by atoms with Crippen molar-refractivity contribution < 1.29 is 23.1 Å². The molecule has 32 heavy (non-hydrogen) atoms.